The van der Waals surface area contributed by atoms with E-state index in [0.717, 1.165) is 12.0 Å². The number of hydrogen-bond donors (Lipinski definition) is 1. The van der Waals surface area contributed by atoms with Crippen LogP contribution in [0.2, 0.25) is 0 Å². The molecule has 0 saturated carbocycles. The number of rotatable bonds is 7. The van der Waals surface area contributed by atoms with Crippen molar-refractivity contribution in [3.8, 4) is 5.75 Å². The quantitative estimate of drug-likeness (QED) is 0.792. The van der Waals surface area contributed by atoms with E-state index in [2.05, 4.69) is 5.32 Å². The van der Waals surface area contributed by atoms with E-state index >= 15 is 0 Å². The number of amides is 1. The van der Waals surface area contributed by atoms with Crippen LogP contribution in [0.25, 0.3) is 0 Å². The van der Waals surface area contributed by atoms with Crippen molar-refractivity contribution in [2.45, 2.75) is 13.3 Å². The van der Waals surface area contributed by atoms with Crippen molar-refractivity contribution >= 4 is 17.6 Å². The summed E-state index contributed by atoms with van der Waals surface area (Å²) in [6.07, 6.45) is 0.916. The Morgan fingerprint density at radius 2 is 1.75 bits per heavy atom. The average Bonchev–Trinajstić information content (AvgIpc) is 2.60. The summed E-state index contributed by atoms with van der Waals surface area (Å²) in [7, 11) is 0. The highest BCUT2D eigenvalue weighted by molar-refractivity contribution is 5.92. The van der Waals surface area contributed by atoms with E-state index in [-0.39, 0.29) is 12.3 Å². The first kappa shape index (κ1) is 17.5. The number of hydrogen-bond acceptors (Lipinski definition) is 4. The lowest BCUT2D eigenvalue weighted by molar-refractivity contribution is -0.149. The van der Waals surface area contributed by atoms with Crippen LogP contribution in [0.1, 0.15) is 12.5 Å². The fraction of sp³-hybridized carbons (Fsp3) is 0.222. The average molecular weight is 331 g/mol. The van der Waals surface area contributed by atoms with Gasteiger partial charge in [0.15, 0.2) is 13.2 Å². The maximum absolute atomic E-state index is 13.4. The third-order valence-corrected chi connectivity index (χ3v) is 3.20. The lowest BCUT2D eigenvalue weighted by Crippen LogP contribution is -2.24. The molecule has 2 aromatic carbocycles. The molecule has 2 rings (SSSR count). The van der Waals surface area contributed by atoms with Gasteiger partial charge in [0.1, 0.15) is 11.6 Å². The zero-order valence-corrected chi connectivity index (χ0v) is 13.3. The van der Waals surface area contributed by atoms with E-state index in [1.165, 1.54) is 18.2 Å². The molecule has 5 nitrogen and oxygen atoms in total. The molecule has 0 fully saturated rings. The molecule has 0 radical (unpaired) electrons. The highest BCUT2D eigenvalue weighted by Gasteiger charge is 2.10. The molecule has 126 valence electrons. The van der Waals surface area contributed by atoms with Gasteiger partial charge in [0.25, 0.3) is 5.91 Å². The van der Waals surface area contributed by atoms with Gasteiger partial charge in [-0.05, 0) is 36.2 Å². The fourth-order valence-corrected chi connectivity index (χ4v) is 1.90. The topological polar surface area (TPSA) is 64.6 Å². The van der Waals surface area contributed by atoms with Crippen LogP contribution in [0.4, 0.5) is 10.1 Å². The van der Waals surface area contributed by atoms with Crippen LogP contribution in [0.5, 0.6) is 5.75 Å². The maximum Gasteiger partial charge on any atom is 0.344 e. The van der Waals surface area contributed by atoms with Gasteiger partial charge < -0.3 is 14.8 Å². The molecular weight excluding hydrogens is 313 g/mol. The molecule has 1 N–H and O–H groups in total. The van der Waals surface area contributed by atoms with Gasteiger partial charge in [0, 0.05) is 0 Å². The molecule has 1 amide bonds. The Bertz CT molecular complexity index is 700. The van der Waals surface area contributed by atoms with E-state index in [9.17, 15) is 14.0 Å². The van der Waals surface area contributed by atoms with Gasteiger partial charge in [-0.2, -0.15) is 0 Å². The summed E-state index contributed by atoms with van der Waals surface area (Å²) in [6.45, 7) is 1.23. The summed E-state index contributed by atoms with van der Waals surface area (Å²) in [5.41, 5.74) is 1.19. The van der Waals surface area contributed by atoms with Gasteiger partial charge in [-0.3, -0.25) is 4.79 Å². The molecule has 0 aliphatic carbocycles. The maximum atomic E-state index is 13.4. The summed E-state index contributed by atoms with van der Waals surface area (Å²) in [5.74, 6) is -1.32. The Kier molecular flexibility index (Phi) is 6.31. The third kappa shape index (κ3) is 5.39. The molecule has 0 atom stereocenters. The monoisotopic (exact) mass is 331 g/mol. The number of carbonyl (C=O) groups is 2. The Labute approximate surface area is 139 Å². The van der Waals surface area contributed by atoms with Gasteiger partial charge in [-0.1, -0.05) is 31.2 Å². The number of carbonyl (C=O) groups excluding carboxylic acids is 2. The Morgan fingerprint density at radius 1 is 1.04 bits per heavy atom. The van der Waals surface area contributed by atoms with Crippen LogP contribution >= 0.6 is 0 Å². The van der Waals surface area contributed by atoms with Crippen LogP contribution < -0.4 is 10.1 Å². The van der Waals surface area contributed by atoms with Crippen LogP contribution in [0.3, 0.4) is 0 Å². The van der Waals surface area contributed by atoms with E-state index in [0.29, 0.717) is 5.75 Å². The normalized spacial score (nSPS) is 10.1. The number of para-hydroxylation sites is 1. The molecule has 0 saturated heterocycles. The first-order valence-electron chi connectivity index (χ1n) is 7.50. The molecule has 24 heavy (non-hydrogen) atoms. The molecular formula is C18H18FNO4. The van der Waals surface area contributed by atoms with Crippen molar-refractivity contribution in [2.75, 3.05) is 18.5 Å². The van der Waals surface area contributed by atoms with Crippen molar-refractivity contribution in [2.24, 2.45) is 0 Å². The van der Waals surface area contributed by atoms with Crippen LogP contribution in [0.15, 0.2) is 48.5 Å². The number of esters is 1. The molecule has 0 aromatic heterocycles. The summed E-state index contributed by atoms with van der Waals surface area (Å²) in [6, 6.07) is 13.1. The van der Waals surface area contributed by atoms with Gasteiger partial charge in [0.05, 0.1) is 5.69 Å². The molecule has 0 spiro atoms. The first-order valence-corrected chi connectivity index (χ1v) is 7.50. The van der Waals surface area contributed by atoms with Gasteiger partial charge in [-0.15, -0.1) is 0 Å². The number of aryl methyl sites for hydroxylation is 1. The van der Waals surface area contributed by atoms with Gasteiger partial charge >= 0.3 is 5.97 Å². The molecule has 0 unspecified atom stereocenters. The number of halogens is 1. The summed E-state index contributed by atoms with van der Waals surface area (Å²) in [4.78, 5) is 23.2. The SMILES string of the molecule is CCc1ccc(OCC(=O)OCC(=O)Nc2ccccc2F)cc1. The minimum Gasteiger partial charge on any atom is -0.482 e. The summed E-state index contributed by atoms with van der Waals surface area (Å²) < 4.78 is 23.4. The lowest BCUT2D eigenvalue weighted by atomic mass is 10.2. The fourth-order valence-electron chi connectivity index (χ4n) is 1.90. The largest absolute Gasteiger partial charge is 0.482 e. The second kappa shape index (κ2) is 8.67. The van der Waals surface area contributed by atoms with Crippen molar-refractivity contribution in [3.05, 3.63) is 59.9 Å². The van der Waals surface area contributed by atoms with Crippen LogP contribution in [-0.2, 0) is 20.7 Å². The molecule has 0 heterocycles. The van der Waals surface area contributed by atoms with Crippen molar-refractivity contribution in [1.29, 1.82) is 0 Å². The minimum absolute atomic E-state index is 0.0332. The lowest BCUT2D eigenvalue weighted by Gasteiger charge is -2.08. The van der Waals surface area contributed by atoms with E-state index < -0.39 is 24.3 Å². The van der Waals surface area contributed by atoms with Gasteiger partial charge in [0.2, 0.25) is 0 Å². The second-order valence-corrected chi connectivity index (χ2v) is 4.97. The van der Waals surface area contributed by atoms with Gasteiger partial charge in [-0.25, -0.2) is 9.18 Å². The summed E-state index contributed by atoms with van der Waals surface area (Å²) in [5, 5.41) is 2.32. The number of ether oxygens (including phenoxy) is 2. The molecule has 0 bridgehead atoms. The van der Waals surface area contributed by atoms with Crippen LogP contribution in [-0.4, -0.2) is 25.1 Å². The minimum atomic E-state index is -0.682. The zero-order valence-electron chi connectivity index (χ0n) is 13.3. The second-order valence-electron chi connectivity index (χ2n) is 4.97. The third-order valence-electron chi connectivity index (χ3n) is 3.20. The predicted molar refractivity (Wildman–Crippen MR) is 87.3 cm³/mol. The van der Waals surface area contributed by atoms with Crippen molar-refractivity contribution in [3.63, 3.8) is 0 Å². The molecule has 0 aliphatic heterocycles. The number of anilines is 1. The Hall–Kier alpha value is -2.89. The van der Waals surface area contributed by atoms with Crippen LogP contribution in [0, 0.1) is 5.82 Å². The van der Waals surface area contributed by atoms with E-state index in [1.807, 2.05) is 19.1 Å². The number of nitrogens with one attached hydrogen (secondary N) is 1. The number of benzene rings is 2. The standard InChI is InChI=1S/C18H18FNO4/c1-2-13-7-9-14(10-8-13)23-12-18(22)24-11-17(21)20-16-6-4-3-5-15(16)19/h3-10H,2,11-12H2,1H3,(H,20,21). The van der Waals surface area contributed by atoms with E-state index in [4.69, 9.17) is 9.47 Å². The summed E-state index contributed by atoms with van der Waals surface area (Å²) >= 11 is 0. The smallest absolute Gasteiger partial charge is 0.344 e. The van der Waals surface area contributed by atoms with E-state index in [1.54, 1.807) is 18.2 Å². The van der Waals surface area contributed by atoms with Crippen molar-refractivity contribution in [1.82, 2.24) is 0 Å². The van der Waals surface area contributed by atoms with Crippen molar-refractivity contribution < 1.29 is 23.5 Å². The molecule has 0 aliphatic rings. The predicted octanol–water partition coefficient (Wildman–Crippen LogP) is 2.95. The molecule has 6 heteroatoms. The Morgan fingerprint density at radius 3 is 2.42 bits per heavy atom. The Balaban J connectivity index is 1.72. The zero-order chi connectivity index (χ0) is 17.4. The first-order chi connectivity index (χ1) is 11.6. The highest BCUT2D eigenvalue weighted by atomic mass is 19.1. The highest BCUT2D eigenvalue weighted by Crippen LogP contribution is 2.13. The molecule has 2 aromatic rings.